The number of oxime groups is 1. The van der Waals surface area contributed by atoms with Crippen LogP contribution >= 0.6 is 0 Å². The summed E-state index contributed by atoms with van der Waals surface area (Å²) in [4.78, 5) is 3.32. The topological polar surface area (TPSA) is 48.4 Å². The van der Waals surface area contributed by atoms with E-state index in [1.54, 1.807) is 0 Å². The molecule has 1 heterocycles. The van der Waals surface area contributed by atoms with Gasteiger partial charge in [0.1, 0.15) is 0 Å². The fourth-order valence-corrected chi connectivity index (χ4v) is 2.23. The minimum atomic E-state index is 0.467. The van der Waals surface area contributed by atoms with E-state index >= 15 is 0 Å². The van der Waals surface area contributed by atoms with E-state index in [0.717, 1.165) is 34.3 Å². The van der Waals surface area contributed by atoms with Gasteiger partial charge >= 0.3 is 0 Å². The maximum absolute atomic E-state index is 9.20. The lowest BCUT2D eigenvalue weighted by molar-refractivity contribution is 0.317. The van der Waals surface area contributed by atoms with Gasteiger partial charge in [0, 0.05) is 22.2 Å². The highest BCUT2D eigenvalue weighted by Crippen LogP contribution is 2.24. The highest BCUT2D eigenvalue weighted by molar-refractivity contribution is 6.11. The molecule has 0 bridgehead atoms. The van der Waals surface area contributed by atoms with Crippen molar-refractivity contribution in [3.63, 3.8) is 0 Å². The van der Waals surface area contributed by atoms with Crippen molar-refractivity contribution in [2.24, 2.45) is 11.1 Å². The van der Waals surface area contributed by atoms with E-state index in [2.05, 4.69) is 30.1 Å². The van der Waals surface area contributed by atoms with Crippen molar-refractivity contribution < 1.29 is 5.21 Å². The first-order valence-electron chi connectivity index (χ1n) is 5.92. The molecular weight excluding hydrogens is 212 g/mol. The van der Waals surface area contributed by atoms with Crippen LogP contribution < -0.4 is 0 Å². The monoisotopic (exact) mass is 230 g/mol. The molecule has 0 amide bonds. The number of fused-ring (bicyclic) bond motifs is 1. The number of aryl methyl sites for hydroxylation is 1. The van der Waals surface area contributed by atoms with Crippen LogP contribution in [0, 0.1) is 12.8 Å². The Kier molecular flexibility index (Phi) is 3.18. The summed E-state index contributed by atoms with van der Waals surface area (Å²) in [5.74, 6) is 0.467. The Morgan fingerprint density at radius 1 is 1.35 bits per heavy atom. The van der Waals surface area contributed by atoms with Crippen LogP contribution in [0.1, 0.15) is 31.5 Å². The zero-order valence-electron chi connectivity index (χ0n) is 10.5. The fraction of sp³-hybridized carbons (Fsp3) is 0.357. The van der Waals surface area contributed by atoms with Crippen molar-refractivity contribution in [2.75, 3.05) is 0 Å². The first-order chi connectivity index (χ1) is 8.13. The summed E-state index contributed by atoms with van der Waals surface area (Å²) in [7, 11) is 0. The SMILES string of the molecule is Cc1[nH]c2ccccc2c1/C(CC(C)C)=N\O. The number of H-pyrrole nitrogens is 1. The molecule has 0 atom stereocenters. The predicted octanol–water partition coefficient (Wildman–Crippen LogP) is 3.70. The Hall–Kier alpha value is -1.77. The predicted molar refractivity (Wildman–Crippen MR) is 70.8 cm³/mol. The minimum Gasteiger partial charge on any atom is -0.411 e. The maximum Gasteiger partial charge on any atom is 0.0894 e. The van der Waals surface area contributed by atoms with Gasteiger partial charge in [0.05, 0.1) is 5.71 Å². The number of para-hydroxylation sites is 1. The lowest BCUT2D eigenvalue weighted by Gasteiger charge is -2.07. The van der Waals surface area contributed by atoms with Crippen LogP contribution in [0.15, 0.2) is 29.4 Å². The Morgan fingerprint density at radius 2 is 2.06 bits per heavy atom. The standard InChI is InChI=1S/C14H18N2O/c1-9(2)8-13(16-17)14-10(3)15-12-7-5-4-6-11(12)14/h4-7,9,15,17H,8H2,1-3H3/b16-13-. The molecule has 0 saturated heterocycles. The normalized spacial score (nSPS) is 12.6. The lowest BCUT2D eigenvalue weighted by Crippen LogP contribution is -2.06. The van der Waals surface area contributed by atoms with Gasteiger partial charge in [-0.15, -0.1) is 0 Å². The number of hydrogen-bond acceptors (Lipinski definition) is 2. The third kappa shape index (κ3) is 2.18. The van der Waals surface area contributed by atoms with E-state index < -0.39 is 0 Å². The molecule has 1 aromatic carbocycles. The van der Waals surface area contributed by atoms with Crippen LogP contribution in [0.5, 0.6) is 0 Å². The van der Waals surface area contributed by atoms with Crippen molar-refractivity contribution >= 4 is 16.6 Å². The Balaban J connectivity index is 2.57. The van der Waals surface area contributed by atoms with Crippen molar-refractivity contribution in [1.29, 1.82) is 0 Å². The quantitative estimate of drug-likeness (QED) is 0.471. The molecule has 2 rings (SSSR count). The van der Waals surface area contributed by atoms with Gasteiger partial charge in [-0.1, -0.05) is 37.2 Å². The summed E-state index contributed by atoms with van der Waals surface area (Å²) >= 11 is 0. The number of rotatable bonds is 3. The van der Waals surface area contributed by atoms with Gasteiger partial charge in [0.2, 0.25) is 0 Å². The van der Waals surface area contributed by atoms with Gasteiger partial charge in [-0.3, -0.25) is 0 Å². The second kappa shape index (κ2) is 4.62. The fourth-order valence-electron chi connectivity index (χ4n) is 2.23. The summed E-state index contributed by atoms with van der Waals surface area (Å²) < 4.78 is 0. The average Bonchev–Trinajstić information content (AvgIpc) is 2.62. The molecule has 0 saturated carbocycles. The lowest BCUT2D eigenvalue weighted by atomic mass is 9.98. The molecule has 17 heavy (non-hydrogen) atoms. The number of aromatic amines is 1. The van der Waals surface area contributed by atoms with Crippen LogP contribution in [0.3, 0.4) is 0 Å². The van der Waals surface area contributed by atoms with Gasteiger partial charge in [0.25, 0.3) is 0 Å². The summed E-state index contributed by atoms with van der Waals surface area (Å²) in [5.41, 5.74) is 3.94. The minimum absolute atomic E-state index is 0.467. The first kappa shape index (κ1) is 11.7. The maximum atomic E-state index is 9.20. The number of nitrogens with one attached hydrogen (secondary N) is 1. The molecular formula is C14H18N2O. The second-order valence-corrected chi connectivity index (χ2v) is 4.82. The molecule has 1 aromatic heterocycles. The molecule has 0 aliphatic heterocycles. The van der Waals surface area contributed by atoms with Gasteiger partial charge in [-0.25, -0.2) is 0 Å². The number of benzene rings is 1. The zero-order valence-corrected chi connectivity index (χ0v) is 10.5. The van der Waals surface area contributed by atoms with E-state index in [4.69, 9.17) is 0 Å². The summed E-state index contributed by atoms with van der Waals surface area (Å²) in [6.07, 6.45) is 0.777. The molecule has 0 aliphatic carbocycles. The van der Waals surface area contributed by atoms with Crippen molar-refractivity contribution in [2.45, 2.75) is 27.2 Å². The van der Waals surface area contributed by atoms with Crippen molar-refractivity contribution in [3.8, 4) is 0 Å². The smallest absolute Gasteiger partial charge is 0.0894 e. The van der Waals surface area contributed by atoms with E-state index in [9.17, 15) is 5.21 Å². The van der Waals surface area contributed by atoms with Crippen LogP contribution in [-0.4, -0.2) is 15.9 Å². The van der Waals surface area contributed by atoms with Crippen LogP contribution in [0.4, 0.5) is 0 Å². The molecule has 0 fully saturated rings. The first-order valence-corrected chi connectivity index (χ1v) is 5.92. The van der Waals surface area contributed by atoms with E-state index in [0.29, 0.717) is 5.92 Å². The summed E-state index contributed by atoms with van der Waals surface area (Å²) in [5, 5.41) is 13.8. The molecule has 3 heteroatoms. The van der Waals surface area contributed by atoms with E-state index in [1.165, 1.54) is 0 Å². The molecule has 0 aliphatic rings. The van der Waals surface area contributed by atoms with E-state index in [-0.39, 0.29) is 0 Å². The summed E-state index contributed by atoms with van der Waals surface area (Å²) in [6, 6.07) is 8.10. The molecule has 3 nitrogen and oxygen atoms in total. The van der Waals surface area contributed by atoms with Crippen LogP contribution in [-0.2, 0) is 0 Å². The number of hydrogen-bond donors (Lipinski definition) is 2. The van der Waals surface area contributed by atoms with Crippen molar-refractivity contribution in [1.82, 2.24) is 4.98 Å². The third-order valence-electron chi connectivity index (χ3n) is 2.90. The van der Waals surface area contributed by atoms with Gasteiger partial charge in [-0.2, -0.15) is 0 Å². The second-order valence-electron chi connectivity index (χ2n) is 4.82. The molecule has 0 spiro atoms. The summed E-state index contributed by atoms with van der Waals surface area (Å²) in [6.45, 7) is 6.26. The Morgan fingerprint density at radius 3 is 2.71 bits per heavy atom. The number of nitrogens with zero attached hydrogens (tertiary/aromatic N) is 1. The highest BCUT2D eigenvalue weighted by atomic mass is 16.4. The Labute approximate surface area is 101 Å². The van der Waals surface area contributed by atoms with E-state index in [1.807, 2.05) is 25.1 Å². The van der Waals surface area contributed by atoms with Gasteiger partial charge in [-0.05, 0) is 25.3 Å². The highest BCUT2D eigenvalue weighted by Gasteiger charge is 2.15. The van der Waals surface area contributed by atoms with Gasteiger partial charge in [0.15, 0.2) is 0 Å². The average molecular weight is 230 g/mol. The molecule has 90 valence electrons. The van der Waals surface area contributed by atoms with Crippen LogP contribution in [0.25, 0.3) is 10.9 Å². The zero-order chi connectivity index (χ0) is 12.4. The van der Waals surface area contributed by atoms with Crippen LogP contribution in [0.2, 0.25) is 0 Å². The molecule has 0 radical (unpaired) electrons. The van der Waals surface area contributed by atoms with Gasteiger partial charge < -0.3 is 10.2 Å². The Bertz CT molecular complexity index is 552. The number of aromatic nitrogens is 1. The third-order valence-corrected chi connectivity index (χ3v) is 2.90. The molecule has 2 N–H and O–H groups in total. The molecule has 2 aromatic rings. The van der Waals surface area contributed by atoms with Crippen molar-refractivity contribution in [3.05, 3.63) is 35.5 Å². The largest absolute Gasteiger partial charge is 0.411 e. The molecule has 0 unspecified atom stereocenters.